The van der Waals surface area contributed by atoms with E-state index < -0.39 is 0 Å². The Labute approximate surface area is 111 Å². The molecule has 1 aromatic carbocycles. The van der Waals surface area contributed by atoms with Crippen molar-refractivity contribution in [2.75, 3.05) is 19.0 Å². The Morgan fingerprint density at radius 3 is 3.00 bits per heavy atom. The van der Waals surface area contributed by atoms with Crippen LogP contribution < -0.4 is 10.1 Å². The minimum Gasteiger partial charge on any atom is -0.495 e. The summed E-state index contributed by atoms with van der Waals surface area (Å²) >= 11 is 3.48. The highest BCUT2D eigenvalue weighted by Crippen LogP contribution is 2.29. The highest BCUT2D eigenvalue weighted by Gasteiger charge is 2.11. The molecule has 0 saturated heterocycles. The van der Waals surface area contributed by atoms with Crippen LogP contribution in [0.2, 0.25) is 0 Å². The summed E-state index contributed by atoms with van der Waals surface area (Å²) in [7, 11) is 1.71. The Hall–Kier alpha value is -0.960. The first-order valence-corrected chi connectivity index (χ1v) is 6.81. The van der Waals surface area contributed by atoms with Crippen molar-refractivity contribution in [1.82, 2.24) is 0 Å². The zero-order valence-electron chi connectivity index (χ0n) is 10.1. The second kappa shape index (κ2) is 6.10. The van der Waals surface area contributed by atoms with Gasteiger partial charge >= 0.3 is 0 Å². The molecule has 2 rings (SSSR count). The van der Waals surface area contributed by atoms with Gasteiger partial charge in [0.05, 0.1) is 12.8 Å². The summed E-state index contributed by atoms with van der Waals surface area (Å²) in [5.74, 6) is 1.64. The predicted octanol–water partition coefficient (Wildman–Crippen LogP) is 4.23. The molecule has 0 bridgehead atoms. The molecule has 1 unspecified atom stereocenters. The van der Waals surface area contributed by atoms with Gasteiger partial charge in [-0.15, -0.1) is 0 Å². The maximum Gasteiger partial charge on any atom is 0.142 e. The van der Waals surface area contributed by atoms with Crippen molar-refractivity contribution in [1.29, 1.82) is 0 Å². The minimum atomic E-state index is 0.740. The van der Waals surface area contributed by atoms with Gasteiger partial charge in [0.2, 0.25) is 0 Å². The van der Waals surface area contributed by atoms with Gasteiger partial charge in [0.15, 0.2) is 0 Å². The third-order valence-electron chi connectivity index (χ3n) is 3.12. The molecule has 1 aromatic rings. The maximum absolute atomic E-state index is 5.34. The van der Waals surface area contributed by atoms with E-state index in [2.05, 4.69) is 39.5 Å². The first-order chi connectivity index (χ1) is 8.29. The predicted molar refractivity (Wildman–Crippen MR) is 75.7 cm³/mol. The van der Waals surface area contributed by atoms with Crippen LogP contribution in [-0.4, -0.2) is 13.7 Å². The van der Waals surface area contributed by atoms with Gasteiger partial charge in [-0.1, -0.05) is 28.1 Å². The summed E-state index contributed by atoms with van der Waals surface area (Å²) in [6.45, 7) is 1.01. The third-order valence-corrected chi connectivity index (χ3v) is 3.61. The molecule has 17 heavy (non-hydrogen) atoms. The molecule has 0 spiro atoms. The second-order valence-corrected chi connectivity index (χ2v) is 5.29. The largest absolute Gasteiger partial charge is 0.495 e. The van der Waals surface area contributed by atoms with Crippen LogP contribution in [0.15, 0.2) is 34.8 Å². The van der Waals surface area contributed by atoms with Crippen molar-refractivity contribution in [2.45, 2.75) is 19.3 Å². The average Bonchev–Trinajstić information content (AvgIpc) is 2.38. The van der Waals surface area contributed by atoms with E-state index in [1.807, 2.05) is 12.1 Å². The number of halogens is 1. The number of hydrogen-bond donors (Lipinski definition) is 1. The van der Waals surface area contributed by atoms with Crippen LogP contribution in [0.3, 0.4) is 0 Å². The normalized spacial score (nSPS) is 19.1. The summed E-state index contributed by atoms with van der Waals surface area (Å²) in [6, 6.07) is 6.04. The monoisotopic (exact) mass is 295 g/mol. The van der Waals surface area contributed by atoms with Crippen molar-refractivity contribution >= 4 is 21.6 Å². The Morgan fingerprint density at radius 1 is 1.41 bits per heavy atom. The van der Waals surface area contributed by atoms with Gasteiger partial charge in [-0.05, 0) is 43.4 Å². The fourth-order valence-corrected chi connectivity index (χ4v) is 2.48. The van der Waals surface area contributed by atoms with Crippen LogP contribution in [0.5, 0.6) is 5.75 Å². The molecule has 0 saturated carbocycles. The smallest absolute Gasteiger partial charge is 0.142 e. The molecule has 0 aromatic heterocycles. The molecule has 0 aliphatic heterocycles. The van der Waals surface area contributed by atoms with Crippen molar-refractivity contribution < 1.29 is 4.74 Å². The summed E-state index contributed by atoms with van der Waals surface area (Å²) in [5.41, 5.74) is 1.07. The van der Waals surface area contributed by atoms with Crippen LogP contribution >= 0.6 is 15.9 Å². The lowest BCUT2D eigenvalue weighted by molar-refractivity contribution is 0.415. The van der Waals surface area contributed by atoms with Crippen LogP contribution in [-0.2, 0) is 0 Å². The van der Waals surface area contributed by atoms with Crippen LogP contribution in [0, 0.1) is 5.92 Å². The van der Waals surface area contributed by atoms with E-state index in [0.717, 1.165) is 28.4 Å². The first kappa shape index (κ1) is 12.5. The minimum absolute atomic E-state index is 0.740. The average molecular weight is 296 g/mol. The molecule has 92 valence electrons. The Kier molecular flexibility index (Phi) is 4.49. The number of anilines is 1. The molecule has 0 amide bonds. The summed E-state index contributed by atoms with van der Waals surface area (Å²) in [5, 5.41) is 3.49. The number of rotatable bonds is 4. The number of methoxy groups -OCH3 is 1. The molecule has 1 aliphatic rings. The highest BCUT2D eigenvalue weighted by molar-refractivity contribution is 9.10. The number of hydrogen-bond acceptors (Lipinski definition) is 2. The molecule has 0 fully saturated rings. The Morgan fingerprint density at radius 2 is 2.29 bits per heavy atom. The van der Waals surface area contributed by atoms with Gasteiger partial charge < -0.3 is 10.1 Å². The SMILES string of the molecule is COc1ccc(Br)cc1NCC1CC=CCC1. The van der Waals surface area contributed by atoms with Gasteiger partial charge in [0.1, 0.15) is 5.75 Å². The number of benzene rings is 1. The van der Waals surface area contributed by atoms with Gasteiger partial charge in [-0.2, -0.15) is 0 Å². The third kappa shape index (κ3) is 3.50. The first-order valence-electron chi connectivity index (χ1n) is 6.02. The van der Waals surface area contributed by atoms with Crippen molar-refractivity contribution in [3.05, 3.63) is 34.8 Å². The van der Waals surface area contributed by atoms with Gasteiger partial charge in [-0.3, -0.25) is 0 Å². The highest BCUT2D eigenvalue weighted by atomic mass is 79.9. The molecule has 0 heterocycles. The van der Waals surface area contributed by atoms with E-state index in [9.17, 15) is 0 Å². The summed E-state index contributed by atoms with van der Waals surface area (Å²) in [4.78, 5) is 0. The Balaban J connectivity index is 1.97. The van der Waals surface area contributed by atoms with E-state index >= 15 is 0 Å². The standard InChI is InChI=1S/C14H18BrNO/c1-17-14-8-7-12(15)9-13(14)16-10-11-5-3-2-4-6-11/h2-3,7-9,11,16H,4-6,10H2,1H3. The van der Waals surface area contributed by atoms with Gasteiger partial charge in [0.25, 0.3) is 0 Å². The van der Waals surface area contributed by atoms with Crippen LogP contribution in [0.1, 0.15) is 19.3 Å². The van der Waals surface area contributed by atoms with E-state index in [-0.39, 0.29) is 0 Å². The molecule has 2 nitrogen and oxygen atoms in total. The lowest BCUT2D eigenvalue weighted by atomic mass is 9.94. The fraction of sp³-hybridized carbons (Fsp3) is 0.429. The van der Waals surface area contributed by atoms with E-state index in [1.165, 1.54) is 19.3 Å². The molecule has 1 atom stereocenters. The maximum atomic E-state index is 5.34. The van der Waals surface area contributed by atoms with E-state index in [4.69, 9.17) is 4.74 Å². The second-order valence-electron chi connectivity index (χ2n) is 4.38. The lowest BCUT2D eigenvalue weighted by Crippen LogP contribution is -2.15. The molecule has 1 N–H and O–H groups in total. The van der Waals surface area contributed by atoms with E-state index in [1.54, 1.807) is 7.11 Å². The number of allylic oxidation sites excluding steroid dienone is 2. The summed E-state index contributed by atoms with van der Waals surface area (Å²) in [6.07, 6.45) is 8.23. The topological polar surface area (TPSA) is 21.3 Å². The number of ether oxygens (including phenoxy) is 1. The molecule has 1 aliphatic carbocycles. The zero-order chi connectivity index (χ0) is 12.1. The van der Waals surface area contributed by atoms with E-state index in [0.29, 0.717) is 0 Å². The molecule has 0 radical (unpaired) electrons. The number of nitrogens with one attached hydrogen (secondary N) is 1. The molecule has 3 heteroatoms. The van der Waals surface area contributed by atoms with Crippen molar-refractivity contribution in [3.63, 3.8) is 0 Å². The lowest BCUT2D eigenvalue weighted by Gasteiger charge is -2.20. The van der Waals surface area contributed by atoms with Crippen molar-refractivity contribution in [2.24, 2.45) is 5.92 Å². The Bertz CT molecular complexity index is 403. The van der Waals surface area contributed by atoms with Crippen LogP contribution in [0.25, 0.3) is 0 Å². The summed E-state index contributed by atoms with van der Waals surface area (Å²) < 4.78 is 6.42. The van der Waals surface area contributed by atoms with Gasteiger partial charge in [-0.25, -0.2) is 0 Å². The quantitative estimate of drug-likeness (QED) is 0.840. The van der Waals surface area contributed by atoms with Crippen LogP contribution in [0.4, 0.5) is 5.69 Å². The zero-order valence-corrected chi connectivity index (χ0v) is 11.7. The fourth-order valence-electron chi connectivity index (χ4n) is 2.11. The van der Waals surface area contributed by atoms with Gasteiger partial charge in [0, 0.05) is 11.0 Å². The molecular weight excluding hydrogens is 278 g/mol. The molecular formula is C14H18BrNO. The van der Waals surface area contributed by atoms with Crippen molar-refractivity contribution in [3.8, 4) is 5.75 Å².